The van der Waals surface area contributed by atoms with Gasteiger partial charge in [-0.05, 0) is 56.4 Å². The van der Waals surface area contributed by atoms with Crippen molar-refractivity contribution in [3.05, 3.63) is 29.8 Å². The van der Waals surface area contributed by atoms with Crippen LogP contribution in [0.3, 0.4) is 0 Å². The molecule has 1 saturated carbocycles. The molecule has 0 aromatic heterocycles. The third-order valence-electron chi connectivity index (χ3n) is 5.86. The Hall–Kier alpha value is -2.17. The lowest BCUT2D eigenvalue weighted by Crippen LogP contribution is -2.35. The molecule has 5 nitrogen and oxygen atoms in total. The summed E-state index contributed by atoms with van der Waals surface area (Å²) in [6.07, 6.45) is 6.99. The molecule has 0 N–H and O–H groups in total. The van der Waals surface area contributed by atoms with Gasteiger partial charge >= 0.3 is 0 Å². The maximum atomic E-state index is 12.6. The van der Waals surface area contributed by atoms with Crippen LogP contribution >= 0.6 is 0 Å². The Labute approximate surface area is 148 Å². The molecule has 2 aliphatic heterocycles. The zero-order chi connectivity index (χ0) is 17.4. The molecule has 1 aromatic rings. The summed E-state index contributed by atoms with van der Waals surface area (Å²) in [5.41, 5.74) is 1.22. The predicted octanol–water partition coefficient (Wildman–Crippen LogP) is 2.99. The van der Waals surface area contributed by atoms with Crippen molar-refractivity contribution in [2.24, 2.45) is 11.8 Å². The average molecular weight is 340 g/mol. The molecule has 0 unspecified atom stereocenters. The van der Waals surface area contributed by atoms with E-state index >= 15 is 0 Å². The normalized spacial score (nSPS) is 26.7. The number of rotatable bonds is 2. The van der Waals surface area contributed by atoms with Gasteiger partial charge in [0.05, 0.1) is 17.5 Å². The van der Waals surface area contributed by atoms with E-state index in [9.17, 15) is 14.4 Å². The predicted molar refractivity (Wildman–Crippen MR) is 94.1 cm³/mol. The third kappa shape index (κ3) is 2.86. The van der Waals surface area contributed by atoms with Crippen molar-refractivity contribution in [3.8, 4) is 0 Å². The summed E-state index contributed by atoms with van der Waals surface area (Å²) >= 11 is 0. The SMILES string of the molecule is O=C(c1ccc(N2C(=O)[C@H]3CCCC[C@H]3C2=O)cc1)N1CCCCC1. The molecule has 3 fully saturated rings. The Morgan fingerprint density at radius 3 is 1.92 bits per heavy atom. The second-order valence-electron chi connectivity index (χ2n) is 7.41. The summed E-state index contributed by atoms with van der Waals surface area (Å²) in [6.45, 7) is 1.63. The minimum atomic E-state index is -0.143. The van der Waals surface area contributed by atoms with Crippen LogP contribution in [0.2, 0.25) is 0 Å². The molecule has 0 radical (unpaired) electrons. The fraction of sp³-hybridized carbons (Fsp3) is 0.550. The van der Waals surface area contributed by atoms with Gasteiger partial charge in [0, 0.05) is 18.7 Å². The van der Waals surface area contributed by atoms with Crippen LogP contribution in [0.5, 0.6) is 0 Å². The number of likely N-dealkylation sites (tertiary alicyclic amines) is 1. The van der Waals surface area contributed by atoms with Crippen molar-refractivity contribution < 1.29 is 14.4 Å². The van der Waals surface area contributed by atoms with Crippen molar-refractivity contribution in [1.82, 2.24) is 4.90 Å². The number of nitrogens with zero attached hydrogens (tertiary/aromatic N) is 2. The van der Waals surface area contributed by atoms with E-state index in [0.29, 0.717) is 11.3 Å². The molecule has 5 heteroatoms. The summed E-state index contributed by atoms with van der Waals surface area (Å²) in [4.78, 5) is 41.1. The van der Waals surface area contributed by atoms with E-state index in [0.717, 1.165) is 51.6 Å². The molecular formula is C20H24N2O3. The Morgan fingerprint density at radius 1 is 0.800 bits per heavy atom. The van der Waals surface area contributed by atoms with Gasteiger partial charge in [-0.3, -0.25) is 19.3 Å². The van der Waals surface area contributed by atoms with Crippen molar-refractivity contribution in [2.75, 3.05) is 18.0 Å². The number of hydrogen-bond acceptors (Lipinski definition) is 3. The highest BCUT2D eigenvalue weighted by Crippen LogP contribution is 2.40. The highest BCUT2D eigenvalue weighted by molar-refractivity contribution is 6.22. The van der Waals surface area contributed by atoms with Crippen molar-refractivity contribution in [1.29, 1.82) is 0 Å². The Balaban J connectivity index is 1.53. The second-order valence-corrected chi connectivity index (χ2v) is 7.41. The number of piperidine rings is 1. The van der Waals surface area contributed by atoms with Gasteiger partial charge in [-0.2, -0.15) is 0 Å². The zero-order valence-electron chi connectivity index (χ0n) is 14.4. The quantitative estimate of drug-likeness (QED) is 0.778. The molecule has 0 bridgehead atoms. The molecule has 1 aliphatic carbocycles. The Kier molecular flexibility index (Phi) is 4.32. The van der Waals surface area contributed by atoms with Crippen LogP contribution in [0, 0.1) is 11.8 Å². The maximum absolute atomic E-state index is 12.6. The summed E-state index contributed by atoms with van der Waals surface area (Å²) in [7, 11) is 0. The molecule has 1 aromatic carbocycles. The van der Waals surface area contributed by atoms with Crippen molar-refractivity contribution in [2.45, 2.75) is 44.9 Å². The number of amides is 3. The van der Waals surface area contributed by atoms with Gasteiger partial charge in [-0.25, -0.2) is 0 Å². The van der Waals surface area contributed by atoms with Crippen LogP contribution in [0.15, 0.2) is 24.3 Å². The summed E-state index contributed by atoms with van der Waals surface area (Å²) < 4.78 is 0. The molecule has 0 spiro atoms. The van der Waals surface area contributed by atoms with Gasteiger partial charge in [0.2, 0.25) is 11.8 Å². The highest BCUT2D eigenvalue weighted by atomic mass is 16.2. The average Bonchev–Trinajstić information content (AvgIpc) is 2.93. The molecule has 2 atom stereocenters. The molecular weight excluding hydrogens is 316 g/mol. The number of benzene rings is 1. The van der Waals surface area contributed by atoms with Gasteiger partial charge in [0.1, 0.15) is 0 Å². The lowest BCUT2D eigenvalue weighted by atomic mass is 9.81. The number of hydrogen-bond donors (Lipinski definition) is 0. The van der Waals surface area contributed by atoms with Crippen LogP contribution in [0.4, 0.5) is 5.69 Å². The van der Waals surface area contributed by atoms with E-state index in [4.69, 9.17) is 0 Å². The molecule has 4 rings (SSSR count). The van der Waals surface area contributed by atoms with Gasteiger partial charge in [0.15, 0.2) is 0 Å². The van der Waals surface area contributed by atoms with E-state index in [1.54, 1.807) is 24.3 Å². The van der Waals surface area contributed by atoms with Crippen LogP contribution < -0.4 is 4.90 Å². The van der Waals surface area contributed by atoms with Gasteiger partial charge < -0.3 is 4.90 Å². The van der Waals surface area contributed by atoms with Crippen LogP contribution in [-0.2, 0) is 9.59 Å². The number of fused-ring (bicyclic) bond motifs is 1. The first-order valence-electron chi connectivity index (χ1n) is 9.44. The number of anilines is 1. The van der Waals surface area contributed by atoms with Gasteiger partial charge in [0.25, 0.3) is 5.91 Å². The highest BCUT2D eigenvalue weighted by Gasteiger charge is 2.48. The van der Waals surface area contributed by atoms with E-state index < -0.39 is 0 Å². The Bertz CT molecular complexity index is 667. The monoisotopic (exact) mass is 340 g/mol. The first-order valence-corrected chi connectivity index (χ1v) is 9.44. The standard InChI is InChI=1S/C20H24N2O3/c23-18(21-12-4-1-5-13-21)14-8-10-15(11-9-14)22-19(24)16-6-2-3-7-17(16)20(22)25/h8-11,16-17H,1-7,12-13H2/t16-,17+. The minimum Gasteiger partial charge on any atom is -0.339 e. The van der Waals surface area contributed by atoms with Crippen molar-refractivity contribution in [3.63, 3.8) is 0 Å². The number of carbonyl (C=O) groups excluding carboxylic acids is 3. The first-order chi connectivity index (χ1) is 12.2. The molecule has 132 valence electrons. The van der Waals surface area contributed by atoms with E-state index in [1.165, 1.54) is 11.3 Å². The maximum Gasteiger partial charge on any atom is 0.253 e. The molecule has 25 heavy (non-hydrogen) atoms. The number of imide groups is 1. The van der Waals surface area contributed by atoms with E-state index in [-0.39, 0.29) is 29.6 Å². The largest absolute Gasteiger partial charge is 0.339 e. The fourth-order valence-electron chi connectivity index (χ4n) is 4.45. The summed E-state index contributed by atoms with van der Waals surface area (Å²) in [6, 6.07) is 6.97. The molecule has 2 saturated heterocycles. The molecule has 3 amide bonds. The van der Waals surface area contributed by atoms with Gasteiger partial charge in [-0.15, -0.1) is 0 Å². The minimum absolute atomic E-state index is 0.0407. The smallest absolute Gasteiger partial charge is 0.253 e. The lowest BCUT2D eigenvalue weighted by Gasteiger charge is -2.26. The third-order valence-corrected chi connectivity index (χ3v) is 5.86. The van der Waals surface area contributed by atoms with Crippen LogP contribution in [0.1, 0.15) is 55.3 Å². The van der Waals surface area contributed by atoms with Gasteiger partial charge in [-0.1, -0.05) is 12.8 Å². The van der Waals surface area contributed by atoms with Crippen molar-refractivity contribution >= 4 is 23.4 Å². The number of carbonyl (C=O) groups is 3. The molecule has 2 heterocycles. The molecule has 3 aliphatic rings. The zero-order valence-corrected chi connectivity index (χ0v) is 14.4. The van der Waals surface area contributed by atoms with E-state index in [2.05, 4.69) is 0 Å². The topological polar surface area (TPSA) is 57.7 Å². The second kappa shape index (κ2) is 6.62. The Morgan fingerprint density at radius 2 is 1.36 bits per heavy atom. The first kappa shape index (κ1) is 16.3. The van der Waals surface area contributed by atoms with E-state index in [1.807, 2.05) is 4.90 Å². The fourth-order valence-corrected chi connectivity index (χ4v) is 4.45. The summed E-state index contributed by atoms with van der Waals surface area (Å²) in [5.74, 6) is -0.375. The van der Waals surface area contributed by atoms with Crippen LogP contribution in [0.25, 0.3) is 0 Å². The van der Waals surface area contributed by atoms with Crippen LogP contribution in [-0.4, -0.2) is 35.7 Å². The summed E-state index contributed by atoms with van der Waals surface area (Å²) in [5, 5.41) is 0. The lowest BCUT2D eigenvalue weighted by molar-refractivity contribution is -0.122.